The number of nitrogens with zero attached hydrogens (tertiary/aromatic N) is 3. The first-order chi connectivity index (χ1) is 6.36. The Morgan fingerprint density at radius 3 is 2.79 bits per heavy atom. The molecule has 0 spiro atoms. The molecule has 3 nitrogen and oxygen atoms in total. The molecule has 1 aromatic carbocycles. The number of aryl methyl sites for hydroxylation is 1. The van der Waals surface area contributed by atoms with Gasteiger partial charge in [0.15, 0.2) is 0 Å². The lowest BCUT2D eigenvalue weighted by atomic mass is 10.3. The lowest BCUT2D eigenvalue weighted by Crippen LogP contribution is -1.85. The van der Waals surface area contributed by atoms with Gasteiger partial charge >= 0.3 is 0 Å². The van der Waals surface area contributed by atoms with Crippen LogP contribution in [0.25, 0.3) is 16.8 Å². The van der Waals surface area contributed by atoms with Crippen molar-refractivity contribution in [3.05, 3.63) is 36.7 Å². The summed E-state index contributed by atoms with van der Waals surface area (Å²) in [5.41, 5.74) is 2.21. The van der Waals surface area contributed by atoms with Crippen molar-refractivity contribution in [2.24, 2.45) is 7.05 Å². The average Bonchev–Trinajstić information content (AvgIpc) is 2.67. The second kappa shape index (κ2) is 2.87. The molecule has 3 heteroatoms. The predicted octanol–water partition coefficient (Wildman–Crippen LogP) is 2.46. The van der Waals surface area contributed by atoms with E-state index in [0.717, 1.165) is 16.8 Å². The maximum atomic E-state index is 4.50. The van der Waals surface area contributed by atoms with E-state index in [1.54, 1.807) is 0 Å². The molecule has 0 unspecified atom stereocenters. The van der Waals surface area contributed by atoms with Crippen LogP contribution in [0.4, 0.5) is 0 Å². The molecule has 0 saturated heterocycles. The number of aromatic nitrogens is 3. The first kappa shape index (κ1) is 8.81. The van der Waals surface area contributed by atoms with E-state index in [0.29, 0.717) is 0 Å². The van der Waals surface area contributed by atoms with Crippen molar-refractivity contribution in [2.75, 3.05) is 0 Å². The van der Waals surface area contributed by atoms with Gasteiger partial charge in [-0.1, -0.05) is 19.6 Å². The second-order valence-electron chi connectivity index (χ2n) is 3.18. The topological polar surface area (TPSA) is 22.2 Å². The number of imidazole rings is 2. The van der Waals surface area contributed by atoms with Crippen molar-refractivity contribution in [3.63, 3.8) is 0 Å². The van der Waals surface area contributed by atoms with Crippen LogP contribution in [0.5, 0.6) is 0 Å². The zero-order valence-electron chi connectivity index (χ0n) is 7.31. The molecule has 0 N–H and O–H groups in total. The van der Waals surface area contributed by atoms with Crippen molar-refractivity contribution in [3.8, 4) is 0 Å². The van der Waals surface area contributed by atoms with Gasteiger partial charge in [0, 0.05) is 19.4 Å². The molecule has 0 aliphatic rings. The highest BCUT2D eigenvalue weighted by Gasteiger charge is 2.04. The lowest BCUT2D eigenvalue weighted by molar-refractivity contribution is 0.940. The van der Waals surface area contributed by atoms with Gasteiger partial charge in [-0.15, -0.1) is 0 Å². The van der Waals surface area contributed by atoms with Gasteiger partial charge in [-0.2, -0.15) is 0 Å². The van der Waals surface area contributed by atoms with Gasteiger partial charge < -0.3 is 4.57 Å². The molecule has 0 atom stereocenters. The van der Waals surface area contributed by atoms with E-state index in [9.17, 15) is 0 Å². The maximum absolute atomic E-state index is 4.50. The molecule has 14 heavy (non-hydrogen) atoms. The Morgan fingerprint density at radius 2 is 1.93 bits per heavy atom. The number of para-hydroxylation sites is 2. The molecular weight excluding hydrogens is 174 g/mol. The van der Waals surface area contributed by atoms with E-state index in [2.05, 4.69) is 15.5 Å². The minimum Gasteiger partial charge on any atom is -0.320 e. The molecule has 72 valence electrons. The first-order valence-electron chi connectivity index (χ1n) is 4.24. The molecule has 0 fully saturated rings. The van der Waals surface area contributed by atoms with Crippen LogP contribution in [-0.2, 0) is 7.05 Å². The van der Waals surface area contributed by atoms with Gasteiger partial charge in [0.1, 0.15) is 0 Å². The van der Waals surface area contributed by atoms with E-state index in [4.69, 9.17) is 0 Å². The molecule has 0 aliphatic heterocycles. The minimum absolute atomic E-state index is 0. The number of rotatable bonds is 0. The van der Waals surface area contributed by atoms with Crippen LogP contribution >= 0.6 is 0 Å². The molecular formula is C11H13N3. The second-order valence-corrected chi connectivity index (χ2v) is 3.18. The van der Waals surface area contributed by atoms with Crippen molar-refractivity contribution >= 4 is 16.8 Å². The van der Waals surface area contributed by atoms with Crippen LogP contribution in [0.15, 0.2) is 36.7 Å². The van der Waals surface area contributed by atoms with Gasteiger partial charge in [0.25, 0.3) is 0 Å². The molecule has 0 aliphatic carbocycles. The molecule has 0 radical (unpaired) electrons. The van der Waals surface area contributed by atoms with Crippen molar-refractivity contribution < 1.29 is 0 Å². The summed E-state index contributed by atoms with van der Waals surface area (Å²) < 4.78 is 4.11. The summed E-state index contributed by atoms with van der Waals surface area (Å²) in [6, 6.07) is 8.15. The third-order valence-corrected chi connectivity index (χ3v) is 2.33. The van der Waals surface area contributed by atoms with Crippen LogP contribution in [0, 0.1) is 0 Å². The summed E-state index contributed by atoms with van der Waals surface area (Å²) in [5.74, 6) is 0.987. The van der Waals surface area contributed by atoms with Gasteiger partial charge in [-0.25, -0.2) is 4.98 Å². The normalized spacial score (nSPS) is 10.6. The largest absolute Gasteiger partial charge is 0.320 e. The Hall–Kier alpha value is -1.77. The van der Waals surface area contributed by atoms with Crippen LogP contribution < -0.4 is 0 Å². The number of hydrogen-bond donors (Lipinski definition) is 0. The molecule has 3 aromatic rings. The van der Waals surface area contributed by atoms with Gasteiger partial charge in [0.2, 0.25) is 5.78 Å². The summed E-state index contributed by atoms with van der Waals surface area (Å²) in [6.45, 7) is 0. The standard InChI is InChI=1S/C10H9N3.CH4/c1-12-6-7-13-9-5-3-2-4-8(9)11-10(12)13;/h2-7H,1H3;1H4. The van der Waals surface area contributed by atoms with E-state index in [1.807, 2.05) is 42.2 Å². The summed E-state index contributed by atoms with van der Waals surface area (Å²) in [7, 11) is 2.00. The summed E-state index contributed by atoms with van der Waals surface area (Å²) >= 11 is 0. The molecule has 2 heterocycles. The van der Waals surface area contributed by atoms with Gasteiger partial charge in [-0.3, -0.25) is 4.40 Å². The third-order valence-electron chi connectivity index (χ3n) is 2.33. The van der Waals surface area contributed by atoms with Crippen LogP contribution in [-0.4, -0.2) is 14.0 Å². The zero-order chi connectivity index (χ0) is 8.84. The monoisotopic (exact) mass is 187 g/mol. The van der Waals surface area contributed by atoms with Crippen molar-refractivity contribution in [1.29, 1.82) is 0 Å². The fourth-order valence-corrected chi connectivity index (χ4v) is 1.66. The highest BCUT2D eigenvalue weighted by Crippen LogP contribution is 2.15. The number of benzene rings is 1. The highest BCUT2D eigenvalue weighted by atomic mass is 15.2. The van der Waals surface area contributed by atoms with E-state index < -0.39 is 0 Å². The van der Waals surface area contributed by atoms with Crippen LogP contribution in [0.2, 0.25) is 0 Å². The SMILES string of the molecule is C.Cn1ccn2c3ccccc3nc12. The zero-order valence-corrected chi connectivity index (χ0v) is 7.31. The molecule has 0 saturated carbocycles. The third kappa shape index (κ3) is 0.954. The average molecular weight is 187 g/mol. The smallest absolute Gasteiger partial charge is 0.214 e. The van der Waals surface area contributed by atoms with Crippen LogP contribution in [0.3, 0.4) is 0 Å². The maximum Gasteiger partial charge on any atom is 0.214 e. The molecule has 0 amide bonds. The van der Waals surface area contributed by atoms with Gasteiger partial charge in [0.05, 0.1) is 11.0 Å². The Balaban J connectivity index is 0.000000750. The Labute approximate surface area is 82.6 Å². The summed E-state index contributed by atoms with van der Waals surface area (Å²) in [4.78, 5) is 4.50. The minimum atomic E-state index is 0. The Morgan fingerprint density at radius 1 is 1.14 bits per heavy atom. The molecule has 0 bridgehead atoms. The van der Waals surface area contributed by atoms with Crippen LogP contribution in [0.1, 0.15) is 7.43 Å². The van der Waals surface area contributed by atoms with Gasteiger partial charge in [-0.05, 0) is 12.1 Å². The quantitative estimate of drug-likeness (QED) is 0.530. The molecule has 3 rings (SSSR count). The number of fused-ring (bicyclic) bond motifs is 3. The summed E-state index contributed by atoms with van der Waals surface area (Å²) in [6.07, 6.45) is 4.04. The van der Waals surface area contributed by atoms with E-state index >= 15 is 0 Å². The first-order valence-corrected chi connectivity index (χ1v) is 4.24. The Kier molecular flexibility index (Phi) is 1.81. The summed E-state index contributed by atoms with van der Waals surface area (Å²) in [5, 5.41) is 0. The predicted molar refractivity (Wildman–Crippen MR) is 58.4 cm³/mol. The molecule has 2 aromatic heterocycles. The lowest BCUT2D eigenvalue weighted by Gasteiger charge is -1.86. The van der Waals surface area contributed by atoms with Crippen molar-refractivity contribution in [2.45, 2.75) is 7.43 Å². The Bertz CT molecular complexity index is 574. The van der Waals surface area contributed by atoms with E-state index in [1.165, 1.54) is 0 Å². The fraction of sp³-hybridized carbons (Fsp3) is 0.182. The van der Waals surface area contributed by atoms with E-state index in [-0.39, 0.29) is 7.43 Å². The fourth-order valence-electron chi connectivity index (χ4n) is 1.66. The highest BCUT2D eigenvalue weighted by molar-refractivity contribution is 5.79. The van der Waals surface area contributed by atoms with Crippen molar-refractivity contribution in [1.82, 2.24) is 14.0 Å². The number of hydrogen-bond acceptors (Lipinski definition) is 1.